The van der Waals surface area contributed by atoms with Crippen molar-refractivity contribution in [1.29, 1.82) is 0 Å². The van der Waals surface area contributed by atoms with Crippen LogP contribution in [-0.4, -0.2) is 59.3 Å². The van der Waals surface area contributed by atoms with E-state index in [2.05, 4.69) is 10.2 Å². The third-order valence-corrected chi connectivity index (χ3v) is 7.30. The summed E-state index contributed by atoms with van der Waals surface area (Å²) in [6, 6.07) is 5.03. The lowest BCUT2D eigenvalue weighted by Gasteiger charge is -2.57. The Bertz CT molecular complexity index is 753. The van der Waals surface area contributed by atoms with Crippen LogP contribution in [0.5, 0.6) is 0 Å². The molecule has 2 N–H and O–H groups in total. The van der Waals surface area contributed by atoms with Crippen LogP contribution in [0.3, 0.4) is 0 Å². The lowest BCUT2D eigenvalue weighted by atomic mass is 9.69. The second-order valence-corrected chi connectivity index (χ2v) is 9.18. The lowest BCUT2D eigenvalue weighted by Crippen LogP contribution is -2.66. The van der Waals surface area contributed by atoms with Gasteiger partial charge in [-0.15, -0.1) is 0 Å². The van der Waals surface area contributed by atoms with E-state index in [0.717, 1.165) is 70.2 Å². The number of hydrogen-bond acceptors (Lipinski definition) is 3. The molecule has 3 aliphatic heterocycles. The van der Waals surface area contributed by atoms with Gasteiger partial charge in [-0.2, -0.15) is 13.2 Å². The average Bonchev–Trinajstić information content (AvgIpc) is 2.75. The summed E-state index contributed by atoms with van der Waals surface area (Å²) in [6.07, 6.45) is 2.54. The predicted molar refractivity (Wildman–Crippen MR) is 113 cm³/mol. The van der Waals surface area contributed by atoms with E-state index < -0.39 is 11.7 Å². The van der Waals surface area contributed by atoms with Crippen molar-refractivity contribution < 1.29 is 23.1 Å². The van der Waals surface area contributed by atoms with Crippen LogP contribution in [0.15, 0.2) is 24.3 Å². The van der Waals surface area contributed by atoms with Crippen molar-refractivity contribution in [1.82, 2.24) is 9.80 Å². The van der Waals surface area contributed by atoms with E-state index in [9.17, 15) is 23.1 Å². The van der Waals surface area contributed by atoms with Gasteiger partial charge in [0.2, 0.25) is 0 Å². The van der Waals surface area contributed by atoms with E-state index >= 15 is 0 Å². The average molecular weight is 440 g/mol. The summed E-state index contributed by atoms with van der Waals surface area (Å²) in [5.41, 5.74) is -0.346. The first-order valence-corrected chi connectivity index (χ1v) is 11.5. The number of halogens is 3. The van der Waals surface area contributed by atoms with Crippen molar-refractivity contribution in [2.45, 2.75) is 63.2 Å². The molecule has 0 unspecified atom stereocenters. The Balaban J connectivity index is 1.51. The highest BCUT2D eigenvalue weighted by atomic mass is 19.4. The second kappa shape index (κ2) is 9.36. The highest BCUT2D eigenvalue weighted by Gasteiger charge is 2.49. The fourth-order valence-electron chi connectivity index (χ4n) is 6.00. The van der Waals surface area contributed by atoms with Crippen LogP contribution in [0.4, 0.5) is 23.7 Å². The zero-order valence-corrected chi connectivity index (χ0v) is 17.8. The van der Waals surface area contributed by atoms with E-state index in [1.807, 2.05) is 4.90 Å². The molecule has 3 fully saturated rings. The van der Waals surface area contributed by atoms with Crippen molar-refractivity contribution in [3.63, 3.8) is 0 Å². The van der Waals surface area contributed by atoms with Gasteiger partial charge in [0.15, 0.2) is 0 Å². The van der Waals surface area contributed by atoms with Gasteiger partial charge >= 0.3 is 12.2 Å². The highest BCUT2D eigenvalue weighted by Crippen LogP contribution is 2.43. The van der Waals surface area contributed by atoms with Gasteiger partial charge in [0, 0.05) is 30.9 Å². The summed E-state index contributed by atoms with van der Waals surface area (Å²) < 4.78 is 38.5. The standard InChI is InChI=1S/C23H32F3N3O2/c24-23(25,26)17-8-10-18(11-9-17)27-22(31)29-15-16-5-3-12-28-13-4-6-19(21(16)28)20(29)7-1-2-14-30/h8-11,16,19-21,30H,1-7,12-15H2,(H,27,31)/t16-,19+,20+,21-/m0/s1. The van der Waals surface area contributed by atoms with Gasteiger partial charge in [0.05, 0.1) is 5.56 Å². The van der Waals surface area contributed by atoms with E-state index in [-0.39, 0.29) is 18.7 Å². The van der Waals surface area contributed by atoms with Gasteiger partial charge in [0.1, 0.15) is 0 Å². The molecule has 172 valence electrons. The maximum Gasteiger partial charge on any atom is 0.416 e. The van der Waals surface area contributed by atoms with Crippen LogP contribution in [0.1, 0.15) is 50.5 Å². The van der Waals surface area contributed by atoms with Crippen LogP contribution < -0.4 is 5.32 Å². The summed E-state index contributed by atoms with van der Waals surface area (Å²) in [5.74, 6) is 0.872. The summed E-state index contributed by atoms with van der Waals surface area (Å²) in [7, 11) is 0. The van der Waals surface area contributed by atoms with Crippen LogP contribution in [-0.2, 0) is 6.18 Å². The number of carbonyl (C=O) groups is 1. The summed E-state index contributed by atoms with van der Waals surface area (Å²) >= 11 is 0. The van der Waals surface area contributed by atoms with E-state index in [0.29, 0.717) is 30.1 Å². The minimum atomic E-state index is -4.39. The molecule has 3 saturated heterocycles. The van der Waals surface area contributed by atoms with Crippen LogP contribution >= 0.6 is 0 Å². The number of nitrogens with zero attached hydrogens (tertiary/aromatic N) is 2. The van der Waals surface area contributed by atoms with Crippen molar-refractivity contribution in [2.75, 3.05) is 31.6 Å². The SMILES string of the molecule is O=C(Nc1ccc(C(F)(F)F)cc1)N1C[C@@H]2CCCN3CCC[C@@H]([C@H]23)[C@H]1CCCCO. The molecule has 0 bridgehead atoms. The van der Waals surface area contributed by atoms with Crippen molar-refractivity contribution in [2.24, 2.45) is 11.8 Å². The molecule has 0 aliphatic carbocycles. The summed E-state index contributed by atoms with van der Waals surface area (Å²) in [6.45, 7) is 3.11. The van der Waals surface area contributed by atoms with E-state index in [4.69, 9.17) is 0 Å². The Morgan fingerprint density at radius 3 is 2.48 bits per heavy atom. The normalized spacial score (nSPS) is 28.8. The zero-order valence-electron chi connectivity index (χ0n) is 17.8. The molecule has 0 saturated carbocycles. The molecule has 3 heterocycles. The molecule has 0 radical (unpaired) electrons. The van der Waals surface area contributed by atoms with Gasteiger partial charge in [0.25, 0.3) is 0 Å². The Kier molecular flexibility index (Phi) is 6.77. The number of benzene rings is 1. The van der Waals surface area contributed by atoms with Crippen LogP contribution in [0, 0.1) is 11.8 Å². The molecule has 1 aromatic rings. The molecule has 8 heteroatoms. The third kappa shape index (κ3) is 4.85. The van der Waals surface area contributed by atoms with Crippen LogP contribution in [0.2, 0.25) is 0 Å². The minimum absolute atomic E-state index is 0.100. The molecule has 2 amide bonds. The van der Waals surface area contributed by atoms with Gasteiger partial charge < -0.3 is 15.3 Å². The molecular weight excluding hydrogens is 407 g/mol. The number of likely N-dealkylation sites (tertiary alicyclic amines) is 1. The Labute approximate surface area is 181 Å². The first-order valence-electron chi connectivity index (χ1n) is 11.5. The molecule has 31 heavy (non-hydrogen) atoms. The van der Waals surface area contributed by atoms with Crippen molar-refractivity contribution in [3.8, 4) is 0 Å². The molecule has 3 aliphatic rings. The van der Waals surface area contributed by atoms with Gasteiger partial charge in [-0.25, -0.2) is 4.79 Å². The molecule has 0 spiro atoms. The van der Waals surface area contributed by atoms with Crippen molar-refractivity contribution >= 4 is 11.7 Å². The number of urea groups is 1. The van der Waals surface area contributed by atoms with Gasteiger partial charge in [-0.05, 0) is 94.1 Å². The Morgan fingerprint density at radius 2 is 1.81 bits per heavy atom. The summed E-state index contributed by atoms with van der Waals surface area (Å²) in [4.78, 5) is 17.8. The first kappa shape index (κ1) is 22.4. The molecule has 4 atom stereocenters. The van der Waals surface area contributed by atoms with E-state index in [1.54, 1.807) is 0 Å². The van der Waals surface area contributed by atoms with Crippen molar-refractivity contribution in [3.05, 3.63) is 29.8 Å². The number of aliphatic hydroxyl groups is 1. The maximum absolute atomic E-state index is 13.3. The number of amides is 2. The molecule has 4 rings (SSSR count). The third-order valence-electron chi connectivity index (χ3n) is 7.30. The van der Waals surface area contributed by atoms with Gasteiger partial charge in [-0.3, -0.25) is 4.90 Å². The lowest BCUT2D eigenvalue weighted by molar-refractivity contribution is -0.137. The fourth-order valence-corrected chi connectivity index (χ4v) is 6.00. The highest BCUT2D eigenvalue weighted by molar-refractivity contribution is 5.89. The number of hydrogen-bond donors (Lipinski definition) is 2. The number of rotatable bonds is 5. The number of aliphatic hydroxyl groups excluding tert-OH is 1. The first-order chi connectivity index (χ1) is 14.9. The molecular formula is C23H32F3N3O2. The fraction of sp³-hybridized carbons (Fsp3) is 0.696. The zero-order chi connectivity index (χ0) is 22.0. The largest absolute Gasteiger partial charge is 0.416 e. The monoisotopic (exact) mass is 439 g/mol. The topological polar surface area (TPSA) is 55.8 Å². The number of anilines is 1. The number of unbranched alkanes of at least 4 members (excludes halogenated alkanes) is 1. The molecule has 5 nitrogen and oxygen atoms in total. The number of piperidine rings is 3. The van der Waals surface area contributed by atoms with E-state index in [1.165, 1.54) is 12.1 Å². The predicted octanol–water partition coefficient (Wildman–Crippen LogP) is 4.57. The Hall–Kier alpha value is -1.80. The Morgan fingerprint density at radius 1 is 1.10 bits per heavy atom. The molecule has 0 aromatic heterocycles. The van der Waals surface area contributed by atoms with Gasteiger partial charge in [-0.1, -0.05) is 0 Å². The quantitative estimate of drug-likeness (QED) is 0.661. The van der Waals surface area contributed by atoms with Crippen LogP contribution in [0.25, 0.3) is 0 Å². The number of alkyl halides is 3. The number of carbonyl (C=O) groups excluding carboxylic acids is 1. The second-order valence-electron chi connectivity index (χ2n) is 9.18. The maximum atomic E-state index is 13.3. The number of nitrogens with one attached hydrogen (secondary N) is 1. The molecule has 1 aromatic carbocycles. The smallest absolute Gasteiger partial charge is 0.396 e. The minimum Gasteiger partial charge on any atom is -0.396 e. The summed E-state index contributed by atoms with van der Waals surface area (Å²) in [5, 5.41) is 12.1.